The lowest BCUT2D eigenvalue weighted by Crippen LogP contribution is -2.19. The van der Waals surface area contributed by atoms with Gasteiger partial charge in [0, 0.05) is 5.39 Å². The number of nitrogens with zero attached hydrogens (tertiary/aromatic N) is 1. The molecule has 0 saturated heterocycles. The van der Waals surface area contributed by atoms with E-state index in [1.54, 1.807) is 6.26 Å². The fourth-order valence-electron chi connectivity index (χ4n) is 2.45. The van der Waals surface area contributed by atoms with E-state index in [-0.39, 0.29) is 6.04 Å². The summed E-state index contributed by atoms with van der Waals surface area (Å²) in [5.41, 5.74) is 3.18. The van der Waals surface area contributed by atoms with Gasteiger partial charge in [-0.2, -0.15) is 0 Å². The number of aryl methyl sites for hydroxylation is 1. The number of fused-ring (bicyclic) bond motifs is 1. The van der Waals surface area contributed by atoms with Gasteiger partial charge in [-0.25, -0.2) is 0 Å². The third kappa shape index (κ3) is 2.25. The maximum atomic E-state index is 5.57. The van der Waals surface area contributed by atoms with E-state index in [0.29, 0.717) is 0 Å². The van der Waals surface area contributed by atoms with Crippen molar-refractivity contribution >= 4 is 26.8 Å². The number of nitrogens with one attached hydrogen (secondary N) is 1. The van der Waals surface area contributed by atoms with Crippen molar-refractivity contribution in [2.75, 3.05) is 7.05 Å². The average molecular weight is 331 g/mol. The van der Waals surface area contributed by atoms with E-state index < -0.39 is 0 Å². The fraction of sp³-hybridized carbons (Fsp3) is 0.188. The van der Waals surface area contributed by atoms with Crippen LogP contribution in [0.15, 0.2) is 51.6 Å². The summed E-state index contributed by atoms with van der Waals surface area (Å²) >= 11 is 3.51. The maximum Gasteiger partial charge on any atom is 0.140 e. The van der Waals surface area contributed by atoms with Crippen LogP contribution in [0, 0.1) is 6.92 Å². The molecule has 3 rings (SSSR count). The molecule has 0 saturated carbocycles. The first kappa shape index (κ1) is 13.3. The van der Waals surface area contributed by atoms with Crippen molar-refractivity contribution in [1.82, 2.24) is 10.3 Å². The number of para-hydroxylation sites is 1. The molecule has 0 aliphatic rings. The number of pyridine rings is 1. The van der Waals surface area contributed by atoms with Crippen molar-refractivity contribution in [3.63, 3.8) is 0 Å². The van der Waals surface area contributed by atoms with E-state index in [2.05, 4.69) is 40.3 Å². The first-order chi connectivity index (χ1) is 9.70. The minimum atomic E-state index is -0.0670. The van der Waals surface area contributed by atoms with Crippen LogP contribution in [-0.4, -0.2) is 12.0 Å². The molecule has 0 spiro atoms. The number of hydrogen-bond acceptors (Lipinski definition) is 3. The lowest BCUT2D eigenvalue weighted by molar-refractivity contribution is 0.457. The lowest BCUT2D eigenvalue weighted by Gasteiger charge is -2.15. The Morgan fingerprint density at radius 2 is 2.05 bits per heavy atom. The van der Waals surface area contributed by atoms with E-state index in [1.807, 2.05) is 31.3 Å². The number of halogens is 1. The Labute approximate surface area is 126 Å². The van der Waals surface area contributed by atoms with Gasteiger partial charge in [-0.05, 0) is 53.7 Å². The average Bonchev–Trinajstić information content (AvgIpc) is 2.86. The number of rotatable bonds is 3. The van der Waals surface area contributed by atoms with Crippen LogP contribution in [-0.2, 0) is 0 Å². The predicted octanol–water partition coefficient (Wildman–Crippen LogP) is 4.21. The Morgan fingerprint density at radius 1 is 1.25 bits per heavy atom. The Balaban J connectivity index is 2.15. The summed E-state index contributed by atoms with van der Waals surface area (Å²) in [6.07, 6.45) is 1.68. The van der Waals surface area contributed by atoms with Crippen molar-refractivity contribution in [3.8, 4) is 0 Å². The second-order valence-corrected chi connectivity index (χ2v) is 5.59. The summed E-state index contributed by atoms with van der Waals surface area (Å²) in [6, 6.07) is 12.1. The molecule has 0 radical (unpaired) electrons. The van der Waals surface area contributed by atoms with Crippen LogP contribution in [0.25, 0.3) is 10.9 Å². The second-order valence-electron chi connectivity index (χ2n) is 4.74. The zero-order chi connectivity index (χ0) is 14.1. The summed E-state index contributed by atoms with van der Waals surface area (Å²) in [6.45, 7) is 2.11. The molecule has 4 heteroatoms. The molecule has 2 heterocycles. The quantitative estimate of drug-likeness (QED) is 0.781. The van der Waals surface area contributed by atoms with Crippen molar-refractivity contribution < 1.29 is 4.42 Å². The molecule has 2 aromatic heterocycles. The summed E-state index contributed by atoms with van der Waals surface area (Å²) < 4.78 is 6.52. The monoisotopic (exact) mass is 330 g/mol. The van der Waals surface area contributed by atoms with Crippen LogP contribution in [0.2, 0.25) is 0 Å². The molecule has 0 aliphatic heterocycles. The van der Waals surface area contributed by atoms with Crippen molar-refractivity contribution in [2.45, 2.75) is 13.0 Å². The summed E-state index contributed by atoms with van der Waals surface area (Å²) in [4.78, 5) is 4.76. The van der Waals surface area contributed by atoms with Gasteiger partial charge in [0.25, 0.3) is 0 Å². The summed E-state index contributed by atoms with van der Waals surface area (Å²) in [7, 11) is 1.91. The number of furan rings is 1. The molecule has 3 aromatic rings. The van der Waals surface area contributed by atoms with E-state index in [4.69, 9.17) is 9.40 Å². The highest BCUT2D eigenvalue weighted by Crippen LogP contribution is 2.30. The van der Waals surface area contributed by atoms with Gasteiger partial charge in [-0.15, -0.1) is 0 Å². The van der Waals surface area contributed by atoms with Crippen LogP contribution < -0.4 is 5.32 Å². The molecule has 1 unspecified atom stereocenters. The zero-order valence-electron chi connectivity index (χ0n) is 11.4. The molecule has 0 fully saturated rings. The maximum absolute atomic E-state index is 5.57. The van der Waals surface area contributed by atoms with Gasteiger partial charge >= 0.3 is 0 Å². The normalized spacial score (nSPS) is 12.8. The summed E-state index contributed by atoms with van der Waals surface area (Å²) in [5, 5.41) is 4.45. The van der Waals surface area contributed by atoms with Crippen LogP contribution in [0.1, 0.15) is 23.1 Å². The van der Waals surface area contributed by atoms with Gasteiger partial charge in [-0.1, -0.05) is 18.2 Å². The van der Waals surface area contributed by atoms with Crippen molar-refractivity contribution in [3.05, 3.63) is 64.2 Å². The Kier molecular flexibility index (Phi) is 3.59. The minimum Gasteiger partial charge on any atom is -0.466 e. The molecule has 0 aliphatic carbocycles. The van der Waals surface area contributed by atoms with Gasteiger partial charge < -0.3 is 9.73 Å². The molecule has 1 N–H and O–H groups in total. The Bertz CT molecular complexity index is 751. The molecule has 3 nitrogen and oxygen atoms in total. The predicted molar refractivity (Wildman–Crippen MR) is 83.8 cm³/mol. The molecule has 1 atom stereocenters. The highest BCUT2D eigenvalue weighted by molar-refractivity contribution is 9.10. The topological polar surface area (TPSA) is 38.1 Å². The van der Waals surface area contributed by atoms with Gasteiger partial charge in [0.1, 0.15) is 11.8 Å². The van der Waals surface area contributed by atoms with Crippen LogP contribution in [0.5, 0.6) is 0 Å². The van der Waals surface area contributed by atoms with E-state index in [0.717, 1.165) is 21.4 Å². The molecule has 0 amide bonds. The Hall–Kier alpha value is -1.65. The molecular formula is C16H15BrN2O. The molecule has 0 bridgehead atoms. The fourth-order valence-corrected chi connectivity index (χ4v) is 2.88. The highest BCUT2D eigenvalue weighted by atomic mass is 79.9. The van der Waals surface area contributed by atoms with E-state index in [9.17, 15) is 0 Å². The molecular weight excluding hydrogens is 316 g/mol. The van der Waals surface area contributed by atoms with Gasteiger partial charge in [0.05, 0.1) is 21.9 Å². The third-order valence-electron chi connectivity index (χ3n) is 3.43. The van der Waals surface area contributed by atoms with E-state index in [1.165, 1.54) is 10.9 Å². The number of hydrogen-bond donors (Lipinski definition) is 1. The first-order valence-electron chi connectivity index (χ1n) is 6.47. The molecule has 102 valence electrons. The highest BCUT2D eigenvalue weighted by Gasteiger charge is 2.20. The standard InChI is InChI=1S/C16H15BrN2O/c1-10-9-14(19-13-6-4-3-5-11(10)13)15(18-2)16-12(17)7-8-20-16/h3-9,15,18H,1-2H3. The largest absolute Gasteiger partial charge is 0.466 e. The molecule has 1 aromatic carbocycles. The Morgan fingerprint density at radius 3 is 2.75 bits per heavy atom. The SMILES string of the molecule is CNC(c1cc(C)c2ccccc2n1)c1occc1Br. The third-order valence-corrected chi connectivity index (χ3v) is 4.09. The zero-order valence-corrected chi connectivity index (χ0v) is 12.9. The van der Waals surface area contributed by atoms with Crippen LogP contribution in [0.4, 0.5) is 0 Å². The summed E-state index contributed by atoms with van der Waals surface area (Å²) in [5.74, 6) is 0.842. The van der Waals surface area contributed by atoms with Crippen LogP contribution >= 0.6 is 15.9 Å². The number of benzene rings is 1. The smallest absolute Gasteiger partial charge is 0.140 e. The second kappa shape index (κ2) is 5.38. The first-order valence-corrected chi connectivity index (χ1v) is 7.26. The van der Waals surface area contributed by atoms with Crippen LogP contribution in [0.3, 0.4) is 0 Å². The number of aromatic nitrogens is 1. The van der Waals surface area contributed by atoms with Gasteiger partial charge in [0.15, 0.2) is 0 Å². The minimum absolute atomic E-state index is 0.0670. The molecule has 20 heavy (non-hydrogen) atoms. The van der Waals surface area contributed by atoms with Crippen molar-refractivity contribution in [2.24, 2.45) is 0 Å². The van der Waals surface area contributed by atoms with E-state index >= 15 is 0 Å². The van der Waals surface area contributed by atoms with Gasteiger partial charge in [-0.3, -0.25) is 4.98 Å². The lowest BCUT2D eigenvalue weighted by atomic mass is 10.0. The van der Waals surface area contributed by atoms with Gasteiger partial charge in [0.2, 0.25) is 0 Å². The van der Waals surface area contributed by atoms with Crippen molar-refractivity contribution in [1.29, 1.82) is 0 Å².